The molecule has 1 saturated heterocycles. The summed E-state index contributed by atoms with van der Waals surface area (Å²) in [6.07, 6.45) is 6.90. The molecule has 6 heteroatoms. The van der Waals surface area contributed by atoms with E-state index in [9.17, 15) is 9.90 Å². The number of likely N-dealkylation sites (tertiary alicyclic amines) is 1. The first-order chi connectivity index (χ1) is 14.0. The highest BCUT2D eigenvalue weighted by Crippen LogP contribution is 2.45. The molecule has 1 heterocycles. The van der Waals surface area contributed by atoms with Crippen molar-refractivity contribution >= 4 is 5.91 Å². The van der Waals surface area contributed by atoms with Crippen molar-refractivity contribution in [1.82, 2.24) is 5.32 Å². The zero-order valence-corrected chi connectivity index (χ0v) is 18.1. The van der Waals surface area contributed by atoms with Crippen LogP contribution in [0, 0.1) is 5.92 Å². The molecule has 2 fully saturated rings. The van der Waals surface area contributed by atoms with Gasteiger partial charge in [-0.2, -0.15) is 0 Å². The minimum absolute atomic E-state index is 0.0748. The van der Waals surface area contributed by atoms with Crippen molar-refractivity contribution in [1.29, 1.82) is 0 Å². The zero-order valence-electron chi connectivity index (χ0n) is 18.1. The third-order valence-corrected chi connectivity index (χ3v) is 6.79. The molecule has 162 valence electrons. The van der Waals surface area contributed by atoms with E-state index in [0.29, 0.717) is 18.0 Å². The van der Waals surface area contributed by atoms with E-state index in [2.05, 4.69) is 18.3 Å². The van der Waals surface area contributed by atoms with Crippen LogP contribution in [0.25, 0.3) is 0 Å². The van der Waals surface area contributed by atoms with E-state index in [1.54, 1.807) is 14.2 Å². The second-order valence-electron chi connectivity index (χ2n) is 8.59. The maximum absolute atomic E-state index is 12.6. The van der Waals surface area contributed by atoms with E-state index in [-0.39, 0.29) is 17.9 Å². The molecule has 1 unspecified atom stereocenters. The minimum Gasteiger partial charge on any atom is -0.493 e. The fraction of sp³-hybridized carbons (Fsp3) is 0.696. The van der Waals surface area contributed by atoms with Crippen molar-refractivity contribution in [3.05, 3.63) is 23.8 Å². The Morgan fingerprint density at radius 2 is 2.03 bits per heavy atom. The van der Waals surface area contributed by atoms with Crippen LogP contribution in [0.1, 0.15) is 63.5 Å². The Morgan fingerprint density at radius 3 is 2.76 bits per heavy atom. The molecule has 3 N–H and O–H groups in total. The number of rotatable bonds is 8. The van der Waals surface area contributed by atoms with Crippen LogP contribution in [0.4, 0.5) is 0 Å². The van der Waals surface area contributed by atoms with Crippen molar-refractivity contribution in [3.63, 3.8) is 0 Å². The van der Waals surface area contributed by atoms with E-state index < -0.39 is 5.60 Å². The summed E-state index contributed by atoms with van der Waals surface area (Å²) >= 11 is 0. The molecule has 0 radical (unpaired) electrons. The number of nitrogens with one attached hydrogen (secondary N) is 2. The number of hydrogen-bond acceptors (Lipinski definition) is 4. The van der Waals surface area contributed by atoms with Gasteiger partial charge in [0.05, 0.1) is 26.4 Å². The Labute approximate surface area is 174 Å². The number of ether oxygens (including phenoxy) is 2. The number of piperidine rings is 1. The van der Waals surface area contributed by atoms with E-state index in [1.165, 1.54) is 4.90 Å². The SMILES string of the molecule is CCCCNC(=O)C[NH+]1CC[C@@]2(O)CCCC[C@H]2[C@@H]1c1ccc(OC)c(OC)c1. The number of hydrogen-bond donors (Lipinski definition) is 3. The van der Waals surface area contributed by atoms with Crippen LogP contribution in [0.3, 0.4) is 0 Å². The number of aliphatic hydroxyl groups is 1. The van der Waals surface area contributed by atoms with E-state index in [0.717, 1.165) is 63.6 Å². The quantitative estimate of drug-likeness (QED) is 0.578. The molecule has 6 nitrogen and oxygen atoms in total. The largest absolute Gasteiger partial charge is 0.493 e. The Morgan fingerprint density at radius 1 is 1.24 bits per heavy atom. The molecule has 0 aromatic heterocycles. The smallest absolute Gasteiger partial charge is 0.275 e. The van der Waals surface area contributed by atoms with E-state index in [1.807, 2.05) is 12.1 Å². The topological polar surface area (TPSA) is 72.2 Å². The summed E-state index contributed by atoms with van der Waals surface area (Å²) in [6.45, 7) is 4.10. The standard InChI is InChI=1S/C23H36N2O4/c1-4-5-13-24-21(26)16-25-14-12-23(27)11-7-6-8-18(23)22(25)17-9-10-19(28-2)20(15-17)29-3/h9-10,15,18,22,27H,4-8,11-14,16H2,1-3H3,(H,24,26)/p+1/t18-,22-,23-/m0/s1. The number of carbonyl (C=O) groups excluding carboxylic acids is 1. The van der Waals surface area contributed by atoms with Crippen LogP contribution in [0.15, 0.2) is 18.2 Å². The highest BCUT2D eigenvalue weighted by molar-refractivity contribution is 5.76. The predicted molar refractivity (Wildman–Crippen MR) is 112 cm³/mol. The number of benzene rings is 1. The van der Waals surface area contributed by atoms with Gasteiger partial charge < -0.3 is 24.8 Å². The first-order valence-corrected chi connectivity index (χ1v) is 11.1. The number of quaternary nitrogens is 1. The molecule has 29 heavy (non-hydrogen) atoms. The van der Waals surface area contributed by atoms with Gasteiger partial charge in [0.1, 0.15) is 6.04 Å². The summed E-state index contributed by atoms with van der Waals surface area (Å²) in [5, 5.41) is 14.5. The van der Waals surface area contributed by atoms with Gasteiger partial charge in [-0.3, -0.25) is 4.79 Å². The molecule has 1 aliphatic carbocycles. The lowest BCUT2D eigenvalue weighted by Gasteiger charge is -2.50. The molecule has 4 atom stereocenters. The van der Waals surface area contributed by atoms with Crippen molar-refractivity contribution < 1.29 is 24.3 Å². The van der Waals surface area contributed by atoms with Crippen LogP contribution in [0.5, 0.6) is 11.5 Å². The highest BCUT2D eigenvalue weighted by atomic mass is 16.5. The summed E-state index contributed by atoms with van der Waals surface area (Å²) < 4.78 is 10.9. The summed E-state index contributed by atoms with van der Waals surface area (Å²) in [5.74, 6) is 1.65. The van der Waals surface area contributed by atoms with Crippen molar-refractivity contribution in [3.8, 4) is 11.5 Å². The second kappa shape index (κ2) is 9.81. The van der Waals surface area contributed by atoms with Crippen LogP contribution < -0.4 is 19.7 Å². The molecule has 0 spiro atoms. The molecule has 2 aliphatic rings. The van der Waals surface area contributed by atoms with Gasteiger partial charge in [-0.1, -0.05) is 26.2 Å². The number of methoxy groups -OCH3 is 2. The Kier molecular flexibility index (Phi) is 7.41. The van der Waals surface area contributed by atoms with Gasteiger partial charge in [0.2, 0.25) is 0 Å². The number of amides is 1. The van der Waals surface area contributed by atoms with Gasteiger partial charge in [0.15, 0.2) is 18.0 Å². The van der Waals surface area contributed by atoms with Crippen molar-refractivity contribution in [2.24, 2.45) is 5.92 Å². The van der Waals surface area contributed by atoms with Crippen LogP contribution in [-0.2, 0) is 4.79 Å². The van der Waals surface area contributed by atoms with Gasteiger partial charge in [-0.25, -0.2) is 0 Å². The lowest BCUT2D eigenvalue weighted by atomic mass is 9.66. The molecule has 1 aromatic carbocycles. The first kappa shape index (κ1) is 21.9. The van der Waals surface area contributed by atoms with Crippen molar-refractivity contribution in [2.45, 2.75) is 63.5 Å². The van der Waals surface area contributed by atoms with Gasteiger partial charge >= 0.3 is 0 Å². The van der Waals surface area contributed by atoms with E-state index >= 15 is 0 Å². The average molecular weight is 406 g/mol. The molecule has 0 bridgehead atoms. The number of carbonyl (C=O) groups is 1. The maximum atomic E-state index is 12.6. The number of unbranched alkanes of at least 4 members (excludes halogenated alkanes) is 1. The van der Waals surface area contributed by atoms with Crippen LogP contribution >= 0.6 is 0 Å². The summed E-state index contributed by atoms with van der Waals surface area (Å²) in [6, 6.07) is 6.11. The molecule has 1 saturated carbocycles. The van der Waals surface area contributed by atoms with Gasteiger partial charge in [0.25, 0.3) is 5.91 Å². The molecule has 1 aromatic rings. The lowest BCUT2D eigenvalue weighted by Crippen LogP contribution is -3.16. The fourth-order valence-corrected chi connectivity index (χ4v) is 5.24. The third kappa shape index (κ3) is 4.86. The molecular formula is C23H37N2O4+. The maximum Gasteiger partial charge on any atom is 0.275 e. The predicted octanol–water partition coefficient (Wildman–Crippen LogP) is 1.87. The van der Waals surface area contributed by atoms with Crippen molar-refractivity contribution in [2.75, 3.05) is 33.9 Å². The summed E-state index contributed by atoms with van der Waals surface area (Å²) in [4.78, 5) is 13.8. The lowest BCUT2D eigenvalue weighted by molar-refractivity contribution is -0.937. The van der Waals surface area contributed by atoms with E-state index in [4.69, 9.17) is 9.47 Å². The van der Waals surface area contributed by atoms with Gasteiger partial charge in [-0.05, 0) is 37.5 Å². The summed E-state index contributed by atoms with van der Waals surface area (Å²) in [5.41, 5.74) is 0.488. The minimum atomic E-state index is -0.627. The monoisotopic (exact) mass is 405 g/mol. The zero-order chi connectivity index (χ0) is 20.9. The Hall–Kier alpha value is -1.79. The first-order valence-electron chi connectivity index (χ1n) is 11.1. The molecular weight excluding hydrogens is 368 g/mol. The van der Waals surface area contributed by atoms with Crippen LogP contribution in [-0.4, -0.2) is 50.5 Å². The highest BCUT2D eigenvalue weighted by Gasteiger charge is 2.52. The van der Waals surface area contributed by atoms with Gasteiger partial charge in [0, 0.05) is 24.4 Å². The normalized spacial score (nSPS) is 29.0. The van der Waals surface area contributed by atoms with Crippen LogP contribution in [0.2, 0.25) is 0 Å². The number of fused-ring (bicyclic) bond motifs is 1. The second-order valence-corrected chi connectivity index (χ2v) is 8.59. The third-order valence-electron chi connectivity index (χ3n) is 6.79. The average Bonchev–Trinajstić information content (AvgIpc) is 2.73. The fourth-order valence-electron chi connectivity index (χ4n) is 5.24. The molecule has 1 aliphatic heterocycles. The Balaban J connectivity index is 1.88. The molecule has 3 rings (SSSR count). The van der Waals surface area contributed by atoms with Gasteiger partial charge in [-0.15, -0.1) is 0 Å². The summed E-state index contributed by atoms with van der Waals surface area (Å²) in [7, 11) is 3.28. The molecule has 1 amide bonds. The Bertz CT molecular complexity index is 695.